The fourth-order valence-electron chi connectivity index (χ4n) is 4.29. The van der Waals surface area contributed by atoms with Crippen molar-refractivity contribution < 1.29 is 24.4 Å². The van der Waals surface area contributed by atoms with Gasteiger partial charge in [-0.1, -0.05) is 12.1 Å². The van der Waals surface area contributed by atoms with Gasteiger partial charge in [-0.15, -0.1) is 0 Å². The van der Waals surface area contributed by atoms with Crippen molar-refractivity contribution >= 4 is 10.9 Å². The minimum absolute atomic E-state index is 0.0947. The average molecular weight is 383 g/mol. The van der Waals surface area contributed by atoms with Crippen molar-refractivity contribution in [3.63, 3.8) is 0 Å². The fraction of sp³-hybridized carbons (Fsp3) is 0.318. The molecule has 1 fully saturated rings. The van der Waals surface area contributed by atoms with Gasteiger partial charge in [0.2, 0.25) is 0 Å². The van der Waals surface area contributed by atoms with Crippen LogP contribution in [0.4, 0.5) is 4.39 Å². The molecule has 1 aliphatic rings. The number of piperazine rings is 1. The lowest BCUT2D eigenvalue weighted by molar-refractivity contribution is -1.02. The number of nitrogens with one attached hydrogen (secondary N) is 2. The molecule has 5 nitrogen and oxygen atoms in total. The summed E-state index contributed by atoms with van der Waals surface area (Å²) in [4.78, 5) is 7.09. The van der Waals surface area contributed by atoms with Crippen molar-refractivity contribution in [2.75, 3.05) is 39.3 Å². The molecule has 0 radical (unpaired) electrons. The number of nitrogens with zero attached hydrogens (tertiary/aromatic N) is 1. The van der Waals surface area contributed by atoms with Crippen LogP contribution in [0.25, 0.3) is 10.9 Å². The van der Waals surface area contributed by atoms with E-state index in [0.29, 0.717) is 5.52 Å². The lowest BCUT2D eigenvalue weighted by Crippen LogP contribution is -3.28. The number of aromatic nitrogens is 1. The predicted molar refractivity (Wildman–Crippen MR) is 105 cm³/mol. The number of aliphatic hydroxyl groups excluding tert-OH is 1. The summed E-state index contributed by atoms with van der Waals surface area (Å²) < 4.78 is 13.5. The molecule has 1 aliphatic heterocycles. The second-order valence-electron chi connectivity index (χ2n) is 7.44. The number of hydrogen-bond donors (Lipinski definition) is 4. The van der Waals surface area contributed by atoms with Gasteiger partial charge in [0.15, 0.2) is 5.75 Å². The second kappa shape index (κ2) is 8.22. The number of fused-ring (bicyclic) bond motifs is 1. The van der Waals surface area contributed by atoms with Crippen LogP contribution in [-0.4, -0.2) is 54.5 Å². The van der Waals surface area contributed by atoms with Crippen molar-refractivity contribution in [1.82, 2.24) is 4.98 Å². The van der Waals surface area contributed by atoms with Gasteiger partial charge in [0.05, 0.1) is 12.2 Å². The highest BCUT2D eigenvalue weighted by molar-refractivity contribution is 5.85. The highest BCUT2D eigenvalue weighted by Gasteiger charge is 2.33. The quantitative estimate of drug-likeness (QED) is 0.500. The summed E-state index contributed by atoms with van der Waals surface area (Å²) in [6, 6.07) is 14.2. The Hall–Kier alpha value is -2.54. The van der Waals surface area contributed by atoms with E-state index in [4.69, 9.17) is 0 Å². The first-order valence-corrected chi connectivity index (χ1v) is 9.78. The van der Waals surface area contributed by atoms with Crippen molar-refractivity contribution in [3.8, 4) is 5.75 Å². The molecule has 0 amide bonds. The van der Waals surface area contributed by atoms with Crippen LogP contribution in [0, 0.1) is 5.82 Å². The van der Waals surface area contributed by atoms with E-state index in [-0.39, 0.29) is 24.2 Å². The van der Waals surface area contributed by atoms with Crippen LogP contribution in [0.2, 0.25) is 0 Å². The summed E-state index contributed by atoms with van der Waals surface area (Å²) in [5.41, 5.74) is 2.39. The van der Waals surface area contributed by atoms with Crippen molar-refractivity contribution in [2.45, 2.75) is 6.04 Å². The molecule has 0 unspecified atom stereocenters. The summed E-state index contributed by atoms with van der Waals surface area (Å²) in [6.45, 7) is 4.71. The molecule has 146 valence electrons. The van der Waals surface area contributed by atoms with Crippen molar-refractivity contribution in [2.24, 2.45) is 0 Å². The van der Waals surface area contributed by atoms with E-state index in [9.17, 15) is 14.6 Å². The van der Waals surface area contributed by atoms with Gasteiger partial charge in [-0.2, -0.15) is 0 Å². The Morgan fingerprint density at radius 1 is 1.00 bits per heavy atom. The smallest absolute Gasteiger partial charge is 0.151 e. The molecule has 4 N–H and O–H groups in total. The standard InChI is InChI=1S/C22H24FN3O2/c23-18-6-3-17(4-7-18)21(26-12-10-25(11-13-26)14-15-27)19-8-5-16-2-1-9-24-20(16)22(19)28/h1-9,21,27-28H,10-15H2/p+2/t21-/m0/s1. The minimum Gasteiger partial charge on any atom is -0.505 e. The molecule has 28 heavy (non-hydrogen) atoms. The van der Waals surface area contributed by atoms with Crippen LogP contribution in [0.5, 0.6) is 5.75 Å². The largest absolute Gasteiger partial charge is 0.505 e. The lowest BCUT2D eigenvalue weighted by atomic mass is 9.94. The summed E-state index contributed by atoms with van der Waals surface area (Å²) in [5, 5.41) is 21.1. The van der Waals surface area contributed by atoms with Crippen LogP contribution in [0.1, 0.15) is 17.2 Å². The Morgan fingerprint density at radius 2 is 1.75 bits per heavy atom. The third-order valence-corrected chi connectivity index (χ3v) is 5.77. The summed E-state index contributed by atoms with van der Waals surface area (Å²) in [7, 11) is 0. The molecule has 2 heterocycles. The van der Waals surface area contributed by atoms with E-state index in [2.05, 4.69) is 4.98 Å². The SMILES string of the molecule is OCC[NH+]1CC[NH+]([C@@H](c2ccc(F)cc2)c2ccc3cccnc3c2O)CC1. The van der Waals surface area contributed by atoms with Gasteiger partial charge in [-0.05, 0) is 36.4 Å². The molecule has 0 saturated carbocycles. The number of benzene rings is 2. The number of phenolic OH excluding ortho intramolecular Hbond substituents is 1. The maximum atomic E-state index is 13.5. The molecule has 4 rings (SSSR count). The Balaban J connectivity index is 1.74. The molecule has 0 aliphatic carbocycles. The number of phenols is 1. The highest BCUT2D eigenvalue weighted by Crippen LogP contribution is 2.33. The summed E-state index contributed by atoms with van der Waals surface area (Å²) in [6.07, 6.45) is 1.68. The van der Waals surface area contributed by atoms with Crippen LogP contribution >= 0.6 is 0 Å². The summed E-state index contributed by atoms with van der Waals surface area (Å²) >= 11 is 0. The van der Waals surface area contributed by atoms with Gasteiger partial charge in [0.1, 0.15) is 50.1 Å². The Bertz CT molecular complexity index is 940. The zero-order valence-corrected chi connectivity index (χ0v) is 15.7. The fourth-order valence-corrected chi connectivity index (χ4v) is 4.29. The number of pyridine rings is 1. The van der Waals surface area contributed by atoms with Gasteiger partial charge < -0.3 is 20.0 Å². The number of aliphatic hydroxyl groups is 1. The van der Waals surface area contributed by atoms with E-state index >= 15 is 0 Å². The first kappa shape index (κ1) is 18.8. The van der Waals surface area contributed by atoms with Crippen LogP contribution in [-0.2, 0) is 0 Å². The zero-order valence-electron chi connectivity index (χ0n) is 15.7. The third-order valence-electron chi connectivity index (χ3n) is 5.77. The third kappa shape index (κ3) is 3.71. The summed E-state index contributed by atoms with van der Waals surface area (Å²) in [5.74, 6) is -0.0656. The first-order chi connectivity index (χ1) is 13.7. The molecule has 0 bridgehead atoms. The molecule has 3 aromatic rings. The average Bonchev–Trinajstić information content (AvgIpc) is 2.73. The number of quaternary nitrogens is 2. The van der Waals surface area contributed by atoms with E-state index in [0.717, 1.165) is 49.2 Å². The molecule has 1 atom stereocenters. The molecular weight excluding hydrogens is 357 g/mol. The van der Waals surface area contributed by atoms with Crippen LogP contribution in [0.15, 0.2) is 54.7 Å². The number of rotatable bonds is 5. The predicted octanol–water partition coefficient (Wildman–Crippen LogP) is -0.0554. The van der Waals surface area contributed by atoms with Crippen LogP contribution < -0.4 is 9.80 Å². The van der Waals surface area contributed by atoms with Crippen LogP contribution in [0.3, 0.4) is 0 Å². The minimum atomic E-state index is -0.265. The Morgan fingerprint density at radius 3 is 2.46 bits per heavy atom. The number of hydrogen-bond acceptors (Lipinski definition) is 3. The molecule has 1 saturated heterocycles. The van der Waals surface area contributed by atoms with Crippen molar-refractivity contribution in [3.05, 3.63) is 71.7 Å². The van der Waals surface area contributed by atoms with E-state index < -0.39 is 0 Å². The highest BCUT2D eigenvalue weighted by atomic mass is 19.1. The Labute approximate surface area is 163 Å². The second-order valence-corrected chi connectivity index (χ2v) is 7.44. The molecule has 6 heteroatoms. The normalized spacial score (nSPS) is 20.9. The topological polar surface area (TPSA) is 62.2 Å². The van der Waals surface area contributed by atoms with Gasteiger partial charge in [0, 0.05) is 17.1 Å². The van der Waals surface area contributed by atoms with Gasteiger partial charge in [-0.3, -0.25) is 4.98 Å². The van der Waals surface area contributed by atoms with E-state index in [1.165, 1.54) is 21.9 Å². The van der Waals surface area contributed by atoms with E-state index in [1.54, 1.807) is 6.20 Å². The monoisotopic (exact) mass is 383 g/mol. The van der Waals surface area contributed by atoms with Crippen molar-refractivity contribution in [1.29, 1.82) is 0 Å². The van der Waals surface area contributed by atoms with E-state index in [1.807, 2.05) is 36.4 Å². The van der Waals surface area contributed by atoms with Gasteiger partial charge in [0.25, 0.3) is 0 Å². The maximum Gasteiger partial charge on any atom is 0.151 e. The lowest BCUT2D eigenvalue weighted by Gasteiger charge is -2.35. The number of halogens is 1. The molecular formula is C22H26FN3O2+2. The Kier molecular flexibility index (Phi) is 5.52. The zero-order chi connectivity index (χ0) is 19.5. The molecule has 1 aromatic heterocycles. The van der Waals surface area contributed by atoms with Gasteiger partial charge in [-0.25, -0.2) is 4.39 Å². The maximum absolute atomic E-state index is 13.5. The molecule has 0 spiro atoms. The van der Waals surface area contributed by atoms with Gasteiger partial charge >= 0.3 is 0 Å². The number of aromatic hydroxyl groups is 1. The first-order valence-electron chi connectivity index (χ1n) is 9.78. The molecule has 2 aromatic carbocycles.